The lowest BCUT2D eigenvalue weighted by atomic mass is 9.63. The third kappa shape index (κ3) is 3.01. The van der Waals surface area contributed by atoms with E-state index in [4.69, 9.17) is 4.74 Å². The second kappa shape index (κ2) is 7.49. The van der Waals surface area contributed by atoms with Crippen molar-refractivity contribution >= 4 is 29.3 Å². The van der Waals surface area contributed by atoms with Crippen molar-refractivity contribution in [3.05, 3.63) is 77.4 Å². The third-order valence-electron chi connectivity index (χ3n) is 8.02. The topological polar surface area (TPSA) is 80.8 Å². The maximum Gasteiger partial charge on any atom is 0.340 e. The first-order valence-corrected chi connectivity index (χ1v) is 11.8. The van der Waals surface area contributed by atoms with Crippen molar-refractivity contribution in [2.24, 2.45) is 35.5 Å². The van der Waals surface area contributed by atoms with E-state index in [0.717, 1.165) is 12.0 Å². The molecule has 2 saturated carbocycles. The Balaban J connectivity index is 1.26. The monoisotopic (exact) mass is 455 g/mol. The van der Waals surface area contributed by atoms with Gasteiger partial charge in [0.25, 0.3) is 0 Å². The van der Waals surface area contributed by atoms with Crippen LogP contribution in [-0.2, 0) is 14.3 Å². The molecule has 34 heavy (non-hydrogen) atoms. The highest BCUT2D eigenvalue weighted by atomic mass is 16.5. The van der Waals surface area contributed by atoms with E-state index >= 15 is 0 Å². The van der Waals surface area contributed by atoms with E-state index in [9.17, 15) is 19.2 Å². The number of ketones is 1. The number of hydrogen-bond acceptors (Lipinski definition) is 5. The minimum Gasteiger partial charge on any atom is -0.451 e. The van der Waals surface area contributed by atoms with Crippen molar-refractivity contribution in [3.63, 3.8) is 0 Å². The van der Waals surface area contributed by atoms with E-state index in [0.29, 0.717) is 17.4 Å². The zero-order chi connectivity index (χ0) is 23.7. The van der Waals surface area contributed by atoms with Crippen LogP contribution < -0.4 is 4.90 Å². The molecule has 6 nitrogen and oxygen atoms in total. The molecule has 6 heteroatoms. The quantitative estimate of drug-likeness (QED) is 0.295. The molecule has 1 aliphatic heterocycles. The first-order chi connectivity index (χ1) is 16.4. The fraction of sp³-hybridized carbons (Fsp3) is 0.357. The molecule has 0 radical (unpaired) electrons. The number of para-hydroxylation sites is 1. The molecule has 5 aliphatic rings. The van der Waals surface area contributed by atoms with Crippen LogP contribution in [0.3, 0.4) is 0 Å². The summed E-state index contributed by atoms with van der Waals surface area (Å²) < 4.78 is 5.50. The van der Waals surface area contributed by atoms with Gasteiger partial charge in [0.2, 0.25) is 17.6 Å². The Morgan fingerprint density at radius 2 is 1.50 bits per heavy atom. The van der Waals surface area contributed by atoms with Gasteiger partial charge in [-0.25, -0.2) is 9.69 Å². The number of nitrogens with zero attached hydrogens (tertiary/aromatic N) is 1. The van der Waals surface area contributed by atoms with Gasteiger partial charge in [-0.2, -0.15) is 0 Å². The van der Waals surface area contributed by atoms with Gasteiger partial charge < -0.3 is 4.74 Å². The SMILES string of the molecule is Cc1ccc(C(=O)[C@H](C)OC(=O)c2ccccc2N2C(=O)[C@@H]3[C@H]4C=C[C@@H]([C@@H]5C[C@@H]45)[C@@H]3C2=O)cc1. The van der Waals surface area contributed by atoms with E-state index in [-0.39, 0.29) is 52.5 Å². The summed E-state index contributed by atoms with van der Waals surface area (Å²) in [7, 11) is 0. The van der Waals surface area contributed by atoms with Crippen LogP contribution in [0.1, 0.15) is 39.6 Å². The summed E-state index contributed by atoms with van der Waals surface area (Å²) in [4.78, 5) is 54.0. The van der Waals surface area contributed by atoms with Crippen LogP contribution in [-0.4, -0.2) is 29.7 Å². The lowest BCUT2D eigenvalue weighted by Crippen LogP contribution is -2.40. The summed E-state index contributed by atoms with van der Waals surface area (Å²) in [6.07, 6.45) is 4.31. The maximum atomic E-state index is 13.5. The smallest absolute Gasteiger partial charge is 0.340 e. The number of anilines is 1. The number of carbonyl (C=O) groups excluding carboxylic acids is 4. The number of aryl methyl sites for hydroxylation is 1. The van der Waals surface area contributed by atoms with E-state index < -0.39 is 12.1 Å². The Morgan fingerprint density at radius 1 is 0.912 bits per heavy atom. The standard InChI is InChI=1S/C28H25NO5/c1-14-7-9-16(10-8-14)25(30)15(2)34-28(33)19-5-3-4-6-22(19)29-26(31)23-17-11-12-18(21-13-20(17)21)24(23)27(29)32/h3-12,15,17-18,20-21,23-24H,13H2,1-2H3/t15-,17-,18-,20-,21-,23-,24+/m0/s1. The summed E-state index contributed by atoms with van der Waals surface area (Å²) in [5, 5.41) is 0. The number of benzene rings is 2. The van der Waals surface area contributed by atoms with Gasteiger partial charge in [0.1, 0.15) is 0 Å². The molecule has 0 aromatic heterocycles. The molecule has 2 aromatic carbocycles. The number of ether oxygens (including phenoxy) is 1. The Bertz CT molecular complexity index is 1230. The van der Waals surface area contributed by atoms with Crippen LogP contribution in [0, 0.1) is 42.4 Å². The molecular weight excluding hydrogens is 430 g/mol. The summed E-state index contributed by atoms with van der Waals surface area (Å²) >= 11 is 0. The molecule has 2 bridgehead atoms. The van der Waals surface area contributed by atoms with Crippen LogP contribution in [0.5, 0.6) is 0 Å². The molecule has 2 amide bonds. The van der Waals surface area contributed by atoms with E-state index in [1.807, 2.05) is 19.1 Å². The fourth-order valence-corrected chi connectivity index (χ4v) is 6.27. The van der Waals surface area contributed by atoms with E-state index in [1.165, 1.54) is 17.9 Å². The van der Waals surface area contributed by atoms with Crippen LogP contribution in [0.4, 0.5) is 5.69 Å². The molecule has 4 aliphatic carbocycles. The van der Waals surface area contributed by atoms with Gasteiger partial charge in [0.15, 0.2) is 6.10 Å². The normalized spacial score (nSPS) is 31.2. The van der Waals surface area contributed by atoms with Gasteiger partial charge in [-0.3, -0.25) is 14.4 Å². The second-order valence-corrected chi connectivity index (χ2v) is 9.96. The van der Waals surface area contributed by atoms with Crippen LogP contribution in [0.25, 0.3) is 0 Å². The zero-order valence-corrected chi connectivity index (χ0v) is 19.0. The first-order valence-electron chi connectivity index (χ1n) is 11.8. The Hall–Kier alpha value is -3.54. The van der Waals surface area contributed by atoms with Crippen LogP contribution >= 0.6 is 0 Å². The summed E-state index contributed by atoms with van der Waals surface area (Å²) in [5.74, 6) is -0.999. The third-order valence-corrected chi connectivity index (χ3v) is 8.02. The van der Waals surface area contributed by atoms with Crippen molar-refractivity contribution < 1.29 is 23.9 Å². The van der Waals surface area contributed by atoms with Crippen LogP contribution in [0.2, 0.25) is 0 Å². The molecule has 0 N–H and O–H groups in total. The molecular formula is C28H25NO5. The second-order valence-electron chi connectivity index (χ2n) is 9.96. The van der Waals surface area contributed by atoms with Gasteiger partial charge >= 0.3 is 5.97 Å². The molecule has 0 spiro atoms. The predicted octanol–water partition coefficient (Wildman–Crippen LogP) is 3.98. The number of allylic oxidation sites excluding steroid dienone is 2. The van der Waals surface area contributed by atoms with Crippen molar-refractivity contribution in [1.29, 1.82) is 0 Å². The predicted molar refractivity (Wildman–Crippen MR) is 124 cm³/mol. The Labute approximate surface area is 197 Å². The van der Waals surface area contributed by atoms with Gasteiger partial charge in [-0.1, -0.05) is 54.1 Å². The van der Waals surface area contributed by atoms with Crippen molar-refractivity contribution in [1.82, 2.24) is 0 Å². The highest BCUT2D eigenvalue weighted by Crippen LogP contribution is 2.65. The lowest BCUT2D eigenvalue weighted by Gasteiger charge is -2.37. The number of amides is 2. The van der Waals surface area contributed by atoms with Crippen molar-refractivity contribution in [2.45, 2.75) is 26.4 Å². The maximum absolute atomic E-state index is 13.5. The minimum absolute atomic E-state index is 0.104. The van der Waals surface area contributed by atoms with E-state index in [2.05, 4.69) is 12.2 Å². The first kappa shape index (κ1) is 21.0. The largest absolute Gasteiger partial charge is 0.451 e. The molecule has 0 unspecified atom stereocenters. The zero-order valence-electron chi connectivity index (χ0n) is 19.0. The van der Waals surface area contributed by atoms with Crippen LogP contribution in [0.15, 0.2) is 60.7 Å². The van der Waals surface area contributed by atoms with E-state index in [1.54, 1.807) is 30.3 Å². The van der Waals surface area contributed by atoms with Crippen molar-refractivity contribution in [2.75, 3.05) is 4.90 Å². The summed E-state index contributed by atoms with van der Waals surface area (Å²) in [6, 6.07) is 13.5. The van der Waals surface area contributed by atoms with Crippen molar-refractivity contribution in [3.8, 4) is 0 Å². The molecule has 7 atom stereocenters. The molecule has 7 rings (SSSR count). The number of esters is 1. The van der Waals surface area contributed by atoms with Gasteiger partial charge in [-0.15, -0.1) is 0 Å². The summed E-state index contributed by atoms with van der Waals surface area (Å²) in [6.45, 7) is 3.45. The lowest BCUT2D eigenvalue weighted by molar-refractivity contribution is -0.124. The number of hydrogen-bond donors (Lipinski definition) is 0. The average molecular weight is 456 g/mol. The highest BCUT2D eigenvalue weighted by molar-refractivity contribution is 6.24. The number of carbonyl (C=O) groups is 4. The molecule has 3 fully saturated rings. The van der Waals surface area contributed by atoms with Gasteiger partial charge in [-0.05, 0) is 56.1 Å². The molecule has 1 heterocycles. The highest BCUT2D eigenvalue weighted by Gasteiger charge is 2.67. The minimum atomic E-state index is -1.01. The number of imide groups is 1. The Morgan fingerprint density at radius 3 is 2.12 bits per heavy atom. The molecule has 2 aromatic rings. The number of rotatable bonds is 5. The van der Waals surface area contributed by atoms with Gasteiger partial charge in [0, 0.05) is 5.56 Å². The fourth-order valence-electron chi connectivity index (χ4n) is 6.27. The average Bonchev–Trinajstić information content (AvgIpc) is 3.62. The molecule has 1 saturated heterocycles. The number of Topliss-reactive ketones (excluding diaryl/α,β-unsaturated/α-hetero) is 1. The Kier molecular flexibility index (Phi) is 4.63. The summed E-state index contributed by atoms with van der Waals surface area (Å²) in [5.41, 5.74) is 1.82. The molecule has 172 valence electrons. The van der Waals surface area contributed by atoms with Gasteiger partial charge in [0.05, 0.1) is 23.1 Å².